The summed E-state index contributed by atoms with van der Waals surface area (Å²) in [6.07, 6.45) is 1.04. The molecule has 120 valence electrons. The lowest BCUT2D eigenvalue weighted by Crippen LogP contribution is -2.40. The lowest BCUT2D eigenvalue weighted by atomic mass is 9.96. The summed E-state index contributed by atoms with van der Waals surface area (Å²) in [4.78, 5) is 29.8. The highest BCUT2D eigenvalue weighted by atomic mass is 32.1. The van der Waals surface area contributed by atoms with Crippen LogP contribution < -0.4 is 0 Å². The molecule has 0 spiro atoms. The standard InChI is InChI=1S/C17H18N2O3S/c1-11-18-15(10-23-11)13-3-2-4-14(9-13)16(20)19-7-5-12(6-8-19)17(21)22/h2-4,9-10,12H,5-8H2,1H3,(H,21,22). The SMILES string of the molecule is Cc1nc(-c2cccc(C(=O)N3CCC(C(=O)O)CC3)c2)cs1. The van der Waals surface area contributed by atoms with Crippen LogP contribution in [0.1, 0.15) is 28.2 Å². The summed E-state index contributed by atoms with van der Waals surface area (Å²) in [6, 6.07) is 7.47. The Kier molecular flexibility index (Phi) is 4.43. The minimum Gasteiger partial charge on any atom is -0.481 e. The zero-order chi connectivity index (χ0) is 16.4. The second-order valence-corrected chi connectivity index (χ2v) is 6.80. The molecule has 1 aliphatic heterocycles. The largest absolute Gasteiger partial charge is 0.481 e. The van der Waals surface area contributed by atoms with E-state index in [0.717, 1.165) is 16.3 Å². The molecule has 1 fully saturated rings. The second kappa shape index (κ2) is 6.50. The molecule has 0 aliphatic carbocycles. The number of aryl methyl sites for hydroxylation is 1. The maximum atomic E-state index is 12.6. The van der Waals surface area contributed by atoms with Gasteiger partial charge >= 0.3 is 5.97 Å². The van der Waals surface area contributed by atoms with E-state index >= 15 is 0 Å². The number of aromatic nitrogens is 1. The Hall–Kier alpha value is -2.21. The third kappa shape index (κ3) is 3.42. The predicted molar refractivity (Wildman–Crippen MR) is 88.6 cm³/mol. The molecule has 0 radical (unpaired) electrons. The number of amides is 1. The first-order chi connectivity index (χ1) is 11.0. The highest BCUT2D eigenvalue weighted by Gasteiger charge is 2.27. The van der Waals surface area contributed by atoms with Gasteiger partial charge in [-0.25, -0.2) is 4.98 Å². The van der Waals surface area contributed by atoms with Crippen molar-refractivity contribution < 1.29 is 14.7 Å². The molecule has 1 aliphatic rings. The Labute approximate surface area is 138 Å². The van der Waals surface area contributed by atoms with Crippen molar-refractivity contribution in [1.29, 1.82) is 0 Å². The summed E-state index contributed by atoms with van der Waals surface area (Å²) >= 11 is 1.58. The van der Waals surface area contributed by atoms with Crippen LogP contribution in [-0.4, -0.2) is 40.0 Å². The fourth-order valence-electron chi connectivity index (χ4n) is 2.82. The highest BCUT2D eigenvalue weighted by molar-refractivity contribution is 7.09. The van der Waals surface area contributed by atoms with Crippen molar-refractivity contribution in [3.63, 3.8) is 0 Å². The van der Waals surface area contributed by atoms with Crippen LogP contribution in [0, 0.1) is 12.8 Å². The number of hydrogen-bond donors (Lipinski definition) is 1. The third-order valence-corrected chi connectivity index (χ3v) is 4.93. The van der Waals surface area contributed by atoms with Crippen molar-refractivity contribution in [3.8, 4) is 11.3 Å². The highest BCUT2D eigenvalue weighted by Crippen LogP contribution is 2.24. The van der Waals surface area contributed by atoms with Crippen molar-refractivity contribution >= 4 is 23.2 Å². The number of carboxylic acid groups (broad SMARTS) is 1. The summed E-state index contributed by atoms with van der Waals surface area (Å²) in [7, 11) is 0. The van der Waals surface area contributed by atoms with Gasteiger partial charge in [-0.15, -0.1) is 11.3 Å². The van der Waals surface area contributed by atoms with Crippen LogP contribution in [0.4, 0.5) is 0 Å². The van der Waals surface area contributed by atoms with E-state index in [1.54, 1.807) is 22.3 Å². The Morgan fingerprint density at radius 1 is 1.30 bits per heavy atom. The molecule has 0 unspecified atom stereocenters. The summed E-state index contributed by atoms with van der Waals surface area (Å²) in [5, 5.41) is 12.0. The molecule has 1 amide bonds. The van der Waals surface area contributed by atoms with Gasteiger partial charge in [0.2, 0.25) is 0 Å². The molecule has 23 heavy (non-hydrogen) atoms. The number of nitrogens with zero attached hydrogens (tertiary/aromatic N) is 2. The van der Waals surface area contributed by atoms with Gasteiger partial charge < -0.3 is 10.0 Å². The van der Waals surface area contributed by atoms with Crippen LogP contribution in [0.2, 0.25) is 0 Å². The third-order valence-electron chi connectivity index (χ3n) is 4.16. The minimum atomic E-state index is -0.766. The predicted octanol–water partition coefficient (Wildman–Crippen LogP) is 3.06. The molecule has 5 nitrogen and oxygen atoms in total. The number of carboxylic acids is 1. The number of carbonyl (C=O) groups excluding carboxylic acids is 1. The molecule has 1 aromatic heterocycles. The smallest absolute Gasteiger partial charge is 0.306 e. The van der Waals surface area contributed by atoms with E-state index in [4.69, 9.17) is 5.11 Å². The van der Waals surface area contributed by atoms with Crippen LogP contribution >= 0.6 is 11.3 Å². The van der Waals surface area contributed by atoms with Crippen LogP contribution in [0.3, 0.4) is 0 Å². The van der Waals surface area contributed by atoms with Gasteiger partial charge in [-0.05, 0) is 31.9 Å². The average Bonchev–Trinajstić information content (AvgIpc) is 3.01. The maximum absolute atomic E-state index is 12.6. The molecule has 0 atom stereocenters. The van der Waals surface area contributed by atoms with Crippen molar-refractivity contribution in [2.45, 2.75) is 19.8 Å². The van der Waals surface area contributed by atoms with E-state index in [1.807, 2.05) is 30.5 Å². The summed E-state index contributed by atoms with van der Waals surface area (Å²) in [6.45, 7) is 2.95. The molecule has 1 aromatic carbocycles. The average molecular weight is 330 g/mol. The van der Waals surface area contributed by atoms with Gasteiger partial charge in [0.15, 0.2) is 0 Å². The van der Waals surface area contributed by atoms with Crippen LogP contribution in [0.5, 0.6) is 0 Å². The maximum Gasteiger partial charge on any atom is 0.306 e. The number of rotatable bonds is 3. The number of piperidine rings is 1. The number of thiazole rings is 1. The molecule has 1 saturated heterocycles. The van der Waals surface area contributed by atoms with Crippen molar-refractivity contribution in [2.75, 3.05) is 13.1 Å². The summed E-state index contributed by atoms with van der Waals surface area (Å²) < 4.78 is 0. The molecular weight excluding hydrogens is 312 g/mol. The normalized spacial score (nSPS) is 15.6. The van der Waals surface area contributed by atoms with E-state index in [2.05, 4.69) is 4.98 Å². The Morgan fingerprint density at radius 2 is 2.04 bits per heavy atom. The van der Waals surface area contributed by atoms with E-state index < -0.39 is 5.97 Å². The van der Waals surface area contributed by atoms with E-state index in [0.29, 0.717) is 31.5 Å². The fraction of sp³-hybridized carbons (Fsp3) is 0.353. The van der Waals surface area contributed by atoms with Gasteiger partial charge in [-0.1, -0.05) is 12.1 Å². The number of hydrogen-bond acceptors (Lipinski definition) is 4. The van der Waals surface area contributed by atoms with Gasteiger partial charge in [-0.3, -0.25) is 9.59 Å². The Bertz CT molecular complexity index is 733. The monoisotopic (exact) mass is 330 g/mol. The van der Waals surface area contributed by atoms with Crippen LogP contribution in [-0.2, 0) is 4.79 Å². The van der Waals surface area contributed by atoms with Gasteiger partial charge in [0.1, 0.15) is 0 Å². The summed E-state index contributed by atoms with van der Waals surface area (Å²) in [5.41, 5.74) is 2.44. The molecule has 0 saturated carbocycles. The number of benzene rings is 1. The molecule has 6 heteroatoms. The zero-order valence-electron chi connectivity index (χ0n) is 12.9. The van der Waals surface area contributed by atoms with Gasteiger partial charge in [0.05, 0.1) is 16.6 Å². The quantitative estimate of drug-likeness (QED) is 0.939. The molecule has 2 heterocycles. The van der Waals surface area contributed by atoms with E-state index in [-0.39, 0.29) is 11.8 Å². The number of likely N-dealkylation sites (tertiary alicyclic amines) is 1. The van der Waals surface area contributed by atoms with Crippen molar-refractivity contribution in [2.24, 2.45) is 5.92 Å². The van der Waals surface area contributed by atoms with Crippen LogP contribution in [0.25, 0.3) is 11.3 Å². The Morgan fingerprint density at radius 3 is 2.65 bits per heavy atom. The Balaban J connectivity index is 1.74. The number of aliphatic carboxylic acids is 1. The lowest BCUT2D eigenvalue weighted by Gasteiger charge is -2.30. The van der Waals surface area contributed by atoms with Crippen molar-refractivity contribution in [3.05, 3.63) is 40.2 Å². The summed E-state index contributed by atoms with van der Waals surface area (Å²) in [5.74, 6) is -1.14. The minimum absolute atomic E-state index is 0.0392. The second-order valence-electron chi connectivity index (χ2n) is 5.74. The zero-order valence-corrected chi connectivity index (χ0v) is 13.7. The lowest BCUT2D eigenvalue weighted by molar-refractivity contribution is -0.143. The first kappa shape index (κ1) is 15.7. The van der Waals surface area contributed by atoms with Gasteiger partial charge in [-0.2, -0.15) is 0 Å². The molecule has 3 rings (SSSR count). The molecular formula is C17H18N2O3S. The van der Waals surface area contributed by atoms with Gasteiger partial charge in [0, 0.05) is 29.6 Å². The molecule has 0 bridgehead atoms. The molecule has 2 aromatic rings. The number of carbonyl (C=O) groups is 2. The topological polar surface area (TPSA) is 70.5 Å². The first-order valence-corrected chi connectivity index (χ1v) is 8.47. The van der Waals surface area contributed by atoms with Crippen LogP contribution in [0.15, 0.2) is 29.6 Å². The molecule has 1 N–H and O–H groups in total. The first-order valence-electron chi connectivity index (χ1n) is 7.59. The van der Waals surface area contributed by atoms with E-state index in [1.165, 1.54) is 0 Å². The fourth-order valence-corrected chi connectivity index (χ4v) is 3.44. The van der Waals surface area contributed by atoms with Gasteiger partial charge in [0.25, 0.3) is 5.91 Å². The van der Waals surface area contributed by atoms with E-state index in [9.17, 15) is 9.59 Å². The van der Waals surface area contributed by atoms with Crippen molar-refractivity contribution in [1.82, 2.24) is 9.88 Å².